The maximum Gasteiger partial charge on any atom is 0.410 e. The van der Waals surface area contributed by atoms with Crippen molar-refractivity contribution in [1.82, 2.24) is 24.6 Å². The van der Waals surface area contributed by atoms with Crippen molar-refractivity contribution >= 4 is 27.0 Å². The van der Waals surface area contributed by atoms with Gasteiger partial charge in [0.25, 0.3) is 0 Å². The molecule has 12 heteroatoms. The van der Waals surface area contributed by atoms with Crippen molar-refractivity contribution in [3.8, 4) is 11.6 Å². The SMILES string of the molecule is CS(=O)(=O)c1ccc(-n2ncc3c(OC4CCN(C(=O)OC5CCOCC5)CC4)ncnc32)cc1. The molecule has 0 atom stereocenters. The molecule has 2 aromatic heterocycles. The lowest BCUT2D eigenvalue weighted by Gasteiger charge is -2.33. The van der Waals surface area contributed by atoms with Gasteiger partial charge in [0.05, 0.1) is 30.0 Å². The third-order valence-corrected chi connectivity index (χ3v) is 7.38. The summed E-state index contributed by atoms with van der Waals surface area (Å²) in [5, 5.41) is 5.06. The normalized spacial score (nSPS) is 18.0. The number of ether oxygens (including phenoxy) is 3. The molecule has 1 amide bonds. The lowest BCUT2D eigenvalue weighted by Crippen LogP contribution is -2.43. The maximum atomic E-state index is 12.5. The van der Waals surface area contributed by atoms with Crippen LogP contribution in [0.4, 0.5) is 4.79 Å². The smallest absolute Gasteiger partial charge is 0.410 e. The number of carbonyl (C=O) groups excluding carboxylic acids is 1. The topological polar surface area (TPSA) is 126 Å². The maximum absolute atomic E-state index is 12.5. The third-order valence-electron chi connectivity index (χ3n) is 6.25. The molecule has 2 aliphatic rings. The van der Waals surface area contributed by atoms with Crippen LogP contribution in [-0.4, -0.2) is 83.9 Å². The Morgan fingerprint density at radius 3 is 2.43 bits per heavy atom. The van der Waals surface area contributed by atoms with Crippen LogP contribution in [0.15, 0.2) is 41.7 Å². The number of rotatable bonds is 5. The van der Waals surface area contributed by atoms with E-state index in [-0.39, 0.29) is 23.2 Å². The van der Waals surface area contributed by atoms with E-state index < -0.39 is 9.84 Å². The molecule has 0 radical (unpaired) electrons. The van der Waals surface area contributed by atoms with Crippen LogP contribution in [0.3, 0.4) is 0 Å². The molecule has 0 saturated carbocycles. The summed E-state index contributed by atoms with van der Waals surface area (Å²) in [6, 6.07) is 6.44. The van der Waals surface area contributed by atoms with Crippen LogP contribution in [-0.2, 0) is 19.3 Å². The second kappa shape index (κ2) is 9.78. The highest BCUT2D eigenvalue weighted by molar-refractivity contribution is 7.90. The Morgan fingerprint density at radius 2 is 1.74 bits per heavy atom. The average molecular weight is 502 g/mol. The molecule has 0 spiro atoms. The lowest BCUT2D eigenvalue weighted by molar-refractivity contribution is -0.0151. The average Bonchev–Trinajstić information content (AvgIpc) is 3.30. The summed E-state index contributed by atoms with van der Waals surface area (Å²) < 4.78 is 42.2. The molecular formula is C23H27N5O6S. The Hall–Kier alpha value is -3.25. The van der Waals surface area contributed by atoms with E-state index in [4.69, 9.17) is 14.2 Å². The molecule has 0 aliphatic carbocycles. The number of hydrogen-bond acceptors (Lipinski definition) is 9. The van der Waals surface area contributed by atoms with Gasteiger partial charge in [0.15, 0.2) is 15.5 Å². The molecule has 0 N–H and O–H groups in total. The number of fused-ring (bicyclic) bond motifs is 1. The Balaban J connectivity index is 1.24. The quantitative estimate of drug-likeness (QED) is 0.518. The molecule has 3 aromatic rings. The minimum atomic E-state index is -3.28. The van der Waals surface area contributed by atoms with Crippen LogP contribution < -0.4 is 4.74 Å². The predicted octanol–water partition coefficient (Wildman–Crippen LogP) is 2.38. The first kappa shape index (κ1) is 23.5. The van der Waals surface area contributed by atoms with Gasteiger partial charge in [-0.25, -0.2) is 27.9 Å². The van der Waals surface area contributed by atoms with E-state index in [0.717, 1.165) is 12.8 Å². The monoisotopic (exact) mass is 501 g/mol. The highest BCUT2D eigenvalue weighted by Crippen LogP contribution is 2.27. The number of amides is 1. The Bertz CT molecular complexity index is 1300. The molecule has 11 nitrogen and oxygen atoms in total. The van der Waals surface area contributed by atoms with Gasteiger partial charge in [-0.1, -0.05) is 0 Å². The molecule has 0 bridgehead atoms. The molecule has 1 aromatic carbocycles. The van der Waals surface area contributed by atoms with Crippen LogP contribution in [0.2, 0.25) is 0 Å². The highest BCUT2D eigenvalue weighted by atomic mass is 32.2. The van der Waals surface area contributed by atoms with Crippen LogP contribution in [0.5, 0.6) is 5.88 Å². The standard InChI is InChI=1S/C23H27N5O6S/c1-35(30,31)19-4-2-16(3-5-19)28-21-20(14-26-28)22(25-15-24-21)33-17-6-10-27(11-7-17)23(29)34-18-8-12-32-13-9-18/h2-5,14-15,17-18H,6-13H2,1H3. The summed E-state index contributed by atoms with van der Waals surface area (Å²) >= 11 is 0. The number of likely N-dealkylation sites (tertiary alicyclic amines) is 1. The van der Waals surface area contributed by atoms with Gasteiger partial charge in [0.1, 0.15) is 23.9 Å². The third kappa shape index (κ3) is 5.22. The number of hydrogen-bond donors (Lipinski definition) is 0. The van der Waals surface area contributed by atoms with Crippen molar-refractivity contribution < 1.29 is 27.4 Å². The van der Waals surface area contributed by atoms with E-state index in [1.54, 1.807) is 27.9 Å². The van der Waals surface area contributed by atoms with Crippen molar-refractivity contribution in [2.75, 3.05) is 32.6 Å². The van der Waals surface area contributed by atoms with E-state index in [1.807, 2.05) is 0 Å². The summed E-state index contributed by atoms with van der Waals surface area (Å²) in [6.45, 7) is 2.35. The zero-order valence-electron chi connectivity index (χ0n) is 19.4. The zero-order valence-corrected chi connectivity index (χ0v) is 20.2. The Labute approximate surface area is 202 Å². The van der Waals surface area contributed by atoms with Crippen molar-refractivity contribution in [2.24, 2.45) is 0 Å². The molecule has 4 heterocycles. The summed E-state index contributed by atoms with van der Waals surface area (Å²) in [4.78, 5) is 23.1. The fraction of sp³-hybridized carbons (Fsp3) is 0.478. The molecule has 5 rings (SSSR count). The van der Waals surface area contributed by atoms with Crippen LogP contribution in [0.1, 0.15) is 25.7 Å². The van der Waals surface area contributed by atoms with Gasteiger partial charge in [-0.3, -0.25) is 0 Å². The summed E-state index contributed by atoms with van der Waals surface area (Å²) in [5.41, 5.74) is 1.23. The van der Waals surface area contributed by atoms with Crippen LogP contribution in [0.25, 0.3) is 16.7 Å². The molecule has 2 saturated heterocycles. The molecule has 2 aliphatic heterocycles. The predicted molar refractivity (Wildman–Crippen MR) is 125 cm³/mol. The van der Waals surface area contributed by atoms with E-state index >= 15 is 0 Å². The molecule has 2 fully saturated rings. The van der Waals surface area contributed by atoms with Gasteiger partial charge in [-0.15, -0.1) is 0 Å². The molecule has 35 heavy (non-hydrogen) atoms. The van der Waals surface area contributed by atoms with E-state index in [9.17, 15) is 13.2 Å². The van der Waals surface area contributed by atoms with Crippen molar-refractivity contribution in [1.29, 1.82) is 0 Å². The first-order valence-corrected chi connectivity index (χ1v) is 13.5. The zero-order chi connectivity index (χ0) is 24.4. The highest BCUT2D eigenvalue weighted by Gasteiger charge is 2.28. The fourth-order valence-electron chi connectivity index (χ4n) is 4.27. The van der Waals surface area contributed by atoms with Crippen molar-refractivity contribution in [3.05, 3.63) is 36.8 Å². The number of piperidine rings is 1. The van der Waals surface area contributed by atoms with Gasteiger partial charge < -0.3 is 19.1 Å². The summed E-state index contributed by atoms with van der Waals surface area (Å²) in [6.07, 6.45) is 6.58. The fourth-order valence-corrected chi connectivity index (χ4v) is 4.90. The number of sulfone groups is 1. The molecule has 186 valence electrons. The van der Waals surface area contributed by atoms with E-state index in [0.29, 0.717) is 61.7 Å². The number of nitrogens with zero attached hydrogens (tertiary/aromatic N) is 5. The van der Waals surface area contributed by atoms with Crippen LogP contribution in [0, 0.1) is 0 Å². The lowest BCUT2D eigenvalue weighted by atomic mass is 10.1. The van der Waals surface area contributed by atoms with Crippen LogP contribution >= 0.6 is 0 Å². The van der Waals surface area contributed by atoms with Gasteiger partial charge in [0.2, 0.25) is 5.88 Å². The van der Waals surface area contributed by atoms with E-state index in [1.165, 1.54) is 24.7 Å². The Morgan fingerprint density at radius 1 is 1.03 bits per heavy atom. The van der Waals surface area contributed by atoms with Gasteiger partial charge in [-0.2, -0.15) is 5.10 Å². The summed E-state index contributed by atoms with van der Waals surface area (Å²) in [5.74, 6) is 0.428. The van der Waals surface area contributed by atoms with Crippen molar-refractivity contribution in [2.45, 2.75) is 42.8 Å². The van der Waals surface area contributed by atoms with Gasteiger partial charge in [0, 0.05) is 45.0 Å². The first-order chi connectivity index (χ1) is 16.9. The minimum Gasteiger partial charge on any atom is -0.474 e. The minimum absolute atomic E-state index is 0.0707. The second-order valence-corrected chi connectivity index (χ2v) is 10.8. The molecular weight excluding hydrogens is 474 g/mol. The van der Waals surface area contributed by atoms with Crippen molar-refractivity contribution in [3.63, 3.8) is 0 Å². The molecule has 0 unspecified atom stereocenters. The number of aromatic nitrogens is 4. The Kier molecular flexibility index (Phi) is 6.56. The van der Waals surface area contributed by atoms with Gasteiger partial charge >= 0.3 is 6.09 Å². The van der Waals surface area contributed by atoms with Gasteiger partial charge in [-0.05, 0) is 24.3 Å². The van der Waals surface area contributed by atoms with E-state index in [2.05, 4.69) is 15.1 Å². The number of carbonyl (C=O) groups is 1. The summed E-state index contributed by atoms with van der Waals surface area (Å²) in [7, 11) is -3.28. The first-order valence-electron chi connectivity index (χ1n) is 11.6. The largest absolute Gasteiger partial charge is 0.474 e. The number of benzene rings is 1. The second-order valence-electron chi connectivity index (χ2n) is 8.74.